The summed E-state index contributed by atoms with van der Waals surface area (Å²) in [6, 6.07) is 5.71. The molecule has 17 heavy (non-hydrogen) atoms. The molecule has 0 fully saturated rings. The second-order valence-electron chi connectivity index (χ2n) is 4.07. The number of hydrogen-bond acceptors (Lipinski definition) is 3. The molecule has 0 bridgehead atoms. The van der Waals surface area contributed by atoms with Crippen molar-refractivity contribution in [1.29, 1.82) is 0 Å². The maximum Gasteiger partial charge on any atom is 0.257 e. The molecule has 1 aromatic rings. The van der Waals surface area contributed by atoms with Gasteiger partial charge in [0, 0.05) is 18.2 Å². The van der Waals surface area contributed by atoms with E-state index in [1.165, 1.54) is 0 Å². The van der Waals surface area contributed by atoms with Gasteiger partial charge in [-0.1, -0.05) is 12.1 Å². The first-order valence-electron chi connectivity index (χ1n) is 5.80. The number of likely N-dealkylation sites (N-methyl/N-ethyl adjacent to an activating group) is 1. The van der Waals surface area contributed by atoms with Gasteiger partial charge < -0.3 is 15.8 Å². The van der Waals surface area contributed by atoms with Crippen molar-refractivity contribution in [1.82, 2.24) is 5.32 Å². The molecular formula is C13H20N2O2. The Hall–Kier alpha value is -1.55. The monoisotopic (exact) mass is 236 g/mol. The number of carbonyl (C=O) groups is 1. The van der Waals surface area contributed by atoms with Crippen molar-refractivity contribution < 1.29 is 9.53 Å². The van der Waals surface area contributed by atoms with Crippen LogP contribution in [0.1, 0.15) is 31.0 Å². The zero-order valence-electron chi connectivity index (χ0n) is 10.6. The molecule has 4 nitrogen and oxygen atoms in total. The van der Waals surface area contributed by atoms with Crippen LogP contribution < -0.4 is 15.8 Å². The summed E-state index contributed by atoms with van der Waals surface area (Å²) in [5.41, 5.74) is 7.85. The number of ether oxygens (including phenoxy) is 1. The minimum absolute atomic E-state index is 0.0248. The fourth-order valence-electron chi connectivity index (χ4n) is 1.53. The summed E-state index contributed by atoms with van der Waals surface area (Å²) in [4.78, 5) is 11.3. The first-order chi connectivity index (χ1) is 8.04. The van der Waals surface area contributed by atoms with E-state index in [0.717, 1.165) is 11.1 Å². The van der Waals surface area contributed by atoms with E-state index in [-0.39, 0.29) is 18.6 Å². The second kappa shape index (κ2) is 6.25. The molecule has 1 unspecified atom stereocenters. The van der Waals surface area contributed by atoms with E-state index in [4.69, 9.17) is 10.5 Å². The lowest BCUT2D eigenvalue weighted by Gasteiger charge is -2.14. The van der Waals surface area contributed by atoms with Crippen LogP contribution >= 0.6 is 0 Å². The molecule has 0 radical (unpaired) electrons. The summed E-state index contributed by atoms with van der Waals surface area (Å²) in [6.07, 6.45) is 0. The van der Waals surface area contributed by atoms with Gasteiger partial charge in [0.25, 0.3) is 5.91 Å². The van der Waals surface area contributed by atoms with E-state index in [9.17, 15) is 4.79 Å². The van der Waals surface area contributed by atoms with Crippen LogP contribution in [0.25, 0.3) is 0 Å². The van der Waals surface area contributed by atoms with Crippen LogP contribution in [0.15, 0.2) is 18.2 Å². The smallest absolute Gasteiger partial charge is 0.257 e. The van der Waals surface area contributed by atoms with Gasteiger partial charge in [-0.15, -0.1) is 0 Å². The molecule has 0 heterocycles. The SMILES string of the molecule is CCNC(=O)COc1cc(C)ccc1C(C)N. The van der Waals surface area contributed by atoms with Crippen molar-refractivity contribution in [3.8, 4) is 5.75 Å². The Balaban J connectivity index is 2.75. The van der Waals surface area contributed by atoms with Gasteiger partial charge in [0.2, 0.25) is 0 Å². The van der Waals surface area contributed by atoms with Gasteiger partial charge in [0.15, 0.2) is 6.61 Å². The second-order valence-corrected chi connectivity index (χ2v) is 4.07. The van der Waals surface area contributed by atoms with E-state index in [1.54, 1.807) is 0 Å². The number of benzene rings is 1. The van der Waals surface area contributed by atoms with Gasteiger partial charge in [-0.2, -0.15) is 0 Å². The van der Waals surface area contributed by atoms with Crippen molar-refractivity contribution in [3.05, 3.63) is 29.3 Å². The molecule has 1 amide bonds. The summed E-state index contributed by atoms with van der Waals surface area (Å²) in [5.74, 6) is 0.566. The van der Waals surface area contributed by atoms with Crippen molar-refractivity contribution in [2.75, 3.05) is 13.2 Å². The summed E-state index contributed by atoms with van der Waals surface area (Å²) < 4.78 is 5.50. The number of amides is 1. The average molecular weight is 236 g/mol. The molecule has 0 aliphatic heterocycles. The number of aryl methyl sites for hydroxylation is 1. The maximum absolute atomic E-state index is 11.3. The summed E-state index contributed by atoms with van der Waals surface area (Å²) in [7, 11) is 0. The number of carbonyl (C=O) groups excluding carboxylic acids is 1. The van der Waals surface area contributed by atoms with Crippen LogP contribution in [0, 0.1) is 6.92 Å². The zero-order valence-corrected chi connectivity index (χ0v) is 10.6. The van der Waals surface area contributed by atoms with E-state index in [1.807, 2.05) is 39.0 Å². The number of nitrogens with one attached hydrogen (secondary N) is 1. The van der Waals surface area contributed by atoms with Gasteiger partial charge in [0.05, 0.1) is 0 Å². The molecule has 0 aliphatic carbocycles. The molecule has 0 saturated carbocycles. The molecule has 1 atom stereocenters. The first kappa shape index (κ1) is 13.5. The van der Waals surface area contributed by atoms with Crippen LogP contribution in [0.3, 0.4) is 0 Å². The van der Waals surface area contributed by atoms with Crippen molar-refractivity contribution in [2.24, 2.45) is 5.73 Å². The van der Waals surface area contributed by atoms with Crippen LogP contribution in [-0.2, 0) is 4.79 Å². The molecule has 3 N–H and O–H groups in total. The molecule has 0 aliphatic rings. The van der Waals surface area contributed by atoms with E-state index in [2.05, 4.69) is 5.32 Å². The highest BCUT2D eigenvalue weighted by Crippen LogP contribution is 2.24. The molecule has 0 aromatic heterocycles. The number of nitrogens with two attached hydrogens (primary N) is 1. The normalized spacial score (nSPS) is 12.0. The molecule has 1 aromatic carbocycles. The molecule has 4 heteroatoms. The maximum atomic E-state index is 11.3. The summed E-state index contributed by atoms with van der Waals surface area (Å²) >= 11 is 0. The largest absolute Gasteiger partial charge is 0.483 e. The third-order valence-electron chi connectivity index (χ3n) is 2.39. The predicted molar refractivity (Wildman–Crippen MR) is 68.0 cm³/mol. The molecule has 0 saturated heterocycles. The van der Waals surface area contributed by atoms with Gasteiger partial charge in [-0.05, 0) is 32.4 Å². The Labute approximate surface area is 102 Å². The summed E-state index contributed by atoms with van der Waals surface area (Å²) in [6.45, 7) is 6.37. The number of hydrogen-bond donors (Lipinski definition) is 2. The van der Waals surface area contributed by atoms with Crippen LogP contribution in [0.5, 0.6) is 5.75 Å². The van der Waals surface area contributed by atoms with E-state index in [0.29, 0.717) is 12.3 Å². The van der Waals surface area contributed by atoms with Gasteiger partial charge in [-0.3, -0.25) is 4.79 Å². The van der Waals surface area contributed by atoms with Crippen LogP contribution in [0.4, 0.5) is 0 Å². The lowest BCUT2D eigenvalue weighted by Crippen LogP contribution is -2.28. The molecular weight excluding hydrogens is 216 g/mol. The van der Waals surface area contributed by atoms with Gasteiger partial charge in [0.1, 0.15) is 5.75 Å². The van der Waals surface area contributed by atoms with Crippen molar-refractivity contribution in [3.63, 3.8) is 0 Å². The Kier molecular flexibility index (Phi) is 4.97. The molecule has 0 spiro atoms. The molecule has 1 rings (SSSR count). The third kappa shape index (κ3) is 4.07. The highest BCUT2D eigenvalue weighted by molar-refractivity contribution is 5.77. The number of rotatable bonds is 5. The van der Waals surface area contributed by atoms with Gasteiger partial charge >= 0.3 is 0 Å². The Morgan fingerprint density at radius 2 is 2.24 bits per heavy atom. The first-order valence-corrected chi connectivity index (χ1v) is 5.80. The lowest BCUT2D eigenvalue weighted by molar-refractivity contribution is -0.123. The fraction of sp³-hybridized carbons (Fsp3) is 0.462. The van der Waals surface area contributed by atoms with Crippen LogP contribution in [0.2, 0.25) is 0 Å². The molecule has 94 valence electrons. The Morgan fingerprint density at radius 1 is 1.53 bits per heavy atom. The fourth-order valence-corrected chi connectivity index (χ4v) is 1.53. The third-order valence-corrected chi connectivity index (χ3v) is 2.39. The Morgan fingerprint density at radius 3 is 2.82 bits per heavy atom. The lowest BCUT2D eigenvalue weighted by atomic mass is 10.1. The highest BCUT2D eigenvalue weighted by atomic mass is 16.5. The Bertz CT molecular complexity index is 389. The van der Waals surface area contributed by atoms with Crippen LogP contribution in [-0.4, -0.2) is 19.1 Å². The standard InChI is InChI=1S/C13H20N2O2/c1-4-15-13(16)8-17-12-7-9(2)5-6-11(12)10(3)14/h5-7,10H,4,8,14H2,1-3H3,(H,15,16). The quantitative estimate of drug-likeness (QED) is 0.815. The average Bonchev–Trinajstić information content (AvgIpc) is 2.26. The van der Waals surface area contributed by atoms with Crippen molar-refractivity contribution >= 4 is 5.91 Å². The highest BCUT2D eigenvalue weighted by Gasteiger charge is 2.09. The van der Waals surface area contributed by atoms with Crippen molar-refractivity contribution in [2.45, 2.75) is 26.8 Å². The van der Waals surface area contributed by atoms with E-state index < -0.39 is 0 Å². The minimum atomic E-state index is -0.121. The predicted octanol–water partition coefficient (Wildman–Crippen LogP) is 1.53. The summed E-state index contributed by atoms with van der Waals surface area (Å²) in [5, 5.41) is 2.68. The topological polar surface area (TPSA) is 64.3 Å². The van der Waals surface area contributed by atoms with E-state index >= 15 is 0 Å². The minimum Gasteiger partial charge on any atom is -0.483 e. The zero-order chi connectivity index (χ0) is 12.8. The van der Waals surface area contributed by atoms with Gasteiger partial charge in [-0.25, -0.2) is 0 Å².